The topological polar surface area (TPSA) is 69.6 Å². The third kappa shape index (κ3) is 8.60. The molecule has 0 saturated heterocycles. The highest BCUT2D eigenvalue weighted by Crippen LogP contribution is 2.45. The number of hydrogen-bond donors (Lipinski definition) is 0. The molecule has 0 aliphatic heterocycles. The van der Waals surface area contributed by atoms with Gasteiger partial charge in [0.25, 0.3) is 0 Å². The highest BCUT2D eigenvalue weighted by Gasteiger charge is 2.21. The summed E-state index contributed by atoms with van der Waals surface area (Å²) in [6.07, 6.45) is 10.7. The Balaban J connectivity index is 0.000000136. The molecule has 0 amide bonds. The van der Waals surface area contributed by atoms with E-state index in [-0.39, 0.29) is 0 Å². The van der Waals surface area contributed by atoms with Crippen LogP contribution in [-0.2, 0) is 0 Å². The number of para-hydroxylation sites is 5. The summed E-state index contributed by atoms with van der Waals surface area (Å²) in [6, 6.07) is 88.5. The highest BCUT2D eigenvalue weighted by atomic mass is 16.3. The van der Waals surface area contributed by atoms with Crippen molar-refractivity contribution >= 4 is 86.8 Å². The van der Waals surface area contributed by atoms with Gasteiger partial charge in [-0.05, 0) is 194 Å². The van der Waals surface area contributed by atoms with E-state index in [2.05, 4.69) is 252 Å². The number of fused-ring (bicyclic) bond motifs is 2. The first kappa shape index (κ1) is 49.7. The van der Waals surface area contributed by atoms with Gasteiger partial charge in [0, 0.05) is 41.6 Å². The van der Waals surface area contributed by atoms with Crippen molar-refractivity contribution in [2.75, 3.05) is 0 Å². The fourth-order valence-electron chi connectivity index (χ4n) is 12.3. The van der Waals surface area contributed by atoms with Gasteiger partial charge in [0.15, 0.2) is 5.58 Å². The molecule has 0 N–H and O–H groups in total. The second-order valence-corrected chi connectivity index (χ2v) is 21.0. The number of imidazole rings is 1. The van der Waals surface area contributed by atoms with Gasteiger partial charge in [0.1, 0.15) is 11.3 Å². The molecule has 6 nitrogen and oxygen atoms in total. The summed E-state index contributed by atoms with van der Waals surface area (Å²) in [5.74, 6) is 1.61. The SMILES string of the molecule is C=CC=C.c1cc(-c2ccncc2)cc(-c2ccc3ccc4c(-c5nc6ccccc6o5)ccc5ccc2c3c54)c1.c1ccc(-n2c(-c3ccc4ccc5c(-c6cccc(-c7ccncc7)c6)ccc6ccc3c4c65)nc3ccccc32)cc1. The highest BCUT2D eigenvalue weighted by molar-refractivity contribution is 6.29. The first-order chi connectivity index (χ1) is 41.6. The van der Waals surface area contributed by atoms with E-state index in [0.29, 0.717) is 5.89 Å². The monoisotopic (exact) mass is 1070 g/mol. The van der Waals surface area contributed by atoms with Gasteiger partial charge in [0.05, 0.1) is 11.0 Å². The molecule has 0 aliphatic rings. The molecule has 0 unspecified atom stereocenters. The van der Waals surface area contributed by atoms with Crippen molar-refractivity contribution in [1.29, 1.82) is 0 Å². The minimum atomic E-state index is 0.657. The smallest absolute Gasteiger partial charge is 0.227 e. The maximum atomic E-state index is 6.18. The van der Waals surface area contributed by atoms with Crippen LogP contribution in [-0.4, -0.2) is 24.5 Å². The number of allylic oxidation sites excluding steroid dienone is 2. The van der Waals surface area contributed by atoms with Crippen LogP contribution in [0.3, 0.4) is 0 Å². The van der Waals surface area contributed by atoms with Gasteiger partial charge in [-0.3, -0.25) is 14.5 Å². The van der Waals surface area contributed by atoms with E-state index in [9.17, 15) is 0 Å². The third-order valence-corrected chi connectivity index (χ3v) is 16.2. The molecule has 6 heteroatoms. The normalized spacial score (nSPS) is 11.4. The summed E-state index contributed by atoms with van der Waals surface area (Å²) < 4.78 is 8.47. The molecular weight excluding hydrogens is 1020 g/mol. The van der Waals surface area contributed by atoms with Gasteiger partial charge in [-0.25, -0.2) is 9.97 Å². The average molecular weight is 1070 g/mol. The first-order valence-corrected chi connectivity index (χ1v) is 28.1. The minimum Gasteiger partial charge on any atom is -0.436 e. The number of benzene rings is 13. The lowest BCUT2D eigenvalue weighted by atomic mass is 9.88. The van der Waals surface area contributed by atoms with E-state index < -0.39 is 0 Å². The Hall–Kier alpha value is -11.3. The number of hydrogen-bond acceptors (Lipinski definition) is 5. The lowest BCUT2D eigenvalue weighted by molar-refractivity contribution is 0.620. The summed E-state index contributed by atoms with van der Waals surface area (Å²) in [4.78, 5) is 18.4. The molecule has 0 bridgehead atoms. The number of pyridine rings is 2. The van der Waals surface area contributed by atoms with Crippen LogP contribution in [0.15, 0.2) is 303 Å². The van der Waals surface area contributed by atoms with E-state index in [4.69, 9.17) is 14.4 Å². The lowest BCUT2D eigenvalue weighted by Crippen LogP contribution is -1.98. The average Bonchev–Trinajstić information content (AvgIpc) is 1.17. The maximum absolute atomic E-state index is 6.18. The quantitative estimate of drug-likeness (QED) is 0.112. The molecule has 0 saturated carbocycles. The summed E-state index contributed by atoms with van der Waals surface area (Å²) in [6.45, 7) is 6.72. The summed E-state index contributed by atoms with van der Waals surface area (Å²) >= 11 is 0. The van der Waals surface area contributed by atoms with Gasteiger partial charge < -0.3 is 4.42 Å². The Kier molecular flexibility index (Phi) is 12.4. The molecule has 4 aromatic heterocycles. The van der Waals surface area contributed by atoms with Gasteiger partial charge >= 0.3 is 0 Å². The maximum Gasteiger partial charge on any atom is 0.227 e. The fraction of sp³-hybridized carbons (Fsp3) is 0. The molecule has 4 heterocycles. The summed E-state index contributed by atoms with van der Waals surface area (Å²) in [5, 5.41) is 14.9. The molecule has 0 radical (unpaired) electrons. The third-order valence-electron chi connectivity index (χ3n) is 16.2. The zero-order valence-electron chi connectivity index (χ0n) is 45.7. The van der Waals surface area contributed by atoms with Crippen LogP contribution in [0, 0.1) is 0 Å². The Morgan fingerprint density at radius 3 is 1.29 bits per heavy atom. The molecule has 17 aromatic rings. The van der Waals surface area contributed by atoms with Crippen LogP contribution in [0.1, 0.15) is 0 Å². The summed E-state index contributed by atoms with van der Waals surface area (Å²) in [7, 11) is 0. The standard InChI is InChI=1S/C40H25N3.C34H20N2O.C4H6/c1-2-9-31(10-3-1)43-37-12-5-4-11-36(37)42-40(43)35-20-16-28-14-18-33-32(17-13-27-15-19-34(35)39(28)38(27)33)30-8-6-7-29(25-30)26-21-23-41-24-22-26;1-2-7-31-30(6-1)36-34(37-31)29-15-11-23-9-13-27-26(12-8-22-10-14-28(29)33(23)32(22)27)25-5-3-4-24(20-25)21-16-18-35-19-17-21;1-3-4-2/h1-25H;1-20H;3-4H,1-2H2. The Morgan fingerprint density at radius 1 is 0.333 bits per heavy atom. The van der Waals surface area contributed by atoms with Gasteiger partial charge in [-0.15, -0.1) is 0 Å². The number of aromatic nitrogens is 5. The molecule has 394 valence electrons. The number of oxazole rings is 1. The molecule has 0 spiro atoms. The van der Waals surface area contributed by atoms with E-state index in [1.165, 1.54) is 98.2 Å². The Bertz CT molecular complexity index is 5260. The Morgan fingerprint density at radius 2 is 0.762 bits per heavy atom. The van der Waals surface area contributed by atoms with E-state index in [1.54, 1.807) is 12.2 Å². The molecule has 13 aromatic carbocycles. The predicted octanol–water partition coefficient (Wildman–Crippen LogP) is 20.8. The van der Waals surface area contributed by atoms with Crippen LogP contribution in [0.4, 0.5) is 0 Å². The molecule has 84 heavy (non-hydrogen) atoms. The number of nitrogens with zero attached hydrogens (tertiary/aromatic N) is 5. The second kappa shape index (κ2) is 21.0. The van der Waals surface area contributed by atoms with Crippen molar-refractivity contribution in [2.24, 2.45) is 0 Å². The fourth-order valence-corrected chi connectivity index (χ4v) is 12.3. The lowest BCUT2D eigenvalue weighted by Gasteiger charge is -2.17. The molecular formula is C78H51N5O. The van der Waals surface area contributed by atoms with Crippen LogP contribution in [0.25, 0.3) is 160 Å². The van der Waals surface area contributed by atoms with E-state index >= 15 is 0 Å². The zero-order valence-corrected chi connectivity index (χ0v) is 45.7. The van der Waals surface area contributed by atoms with E-state index in [0.717, 1.165) is 55.7 Å². The molecule has 0 aliphatic carbocycles. The summed E-state index contributed by atoms with van der Waals surface area (Å²) in [5.41, 5.74) is 16.6. The predicted molar refractivity (Wildman–Crippen MR) is 351 cm³/mol. The first-order valence-electron chi connectivity index (χ1n) is 28.1. The van der Waals surface area contributed by atoms with Crippen molar-refractivity contribution in [3.63, 3.8) is 0 Å². The van der Waals surface area contributed by atoms with E-state index in [1.807, 2.05) is 49.1 Å². The van der Waals surface area contributed by atoms with Crippen LogP contribution < -0.4 is 0 Å². The van der Waals surface area contributed by atoms with Crippen molar-refractivity contribution in [2.45, 2.75) is 0 Å². The van der Waals surface area contributed by atoms with Crippen molar-refractivity contribution in [3.05, 3.63) is 299 Å². The van der Waals surface area contributed by atoms with Gasteiger partial charge in [-0.1, -0.05) is 189 Å². The number of rotatable bonds is 8. The van der Waals surface area contributed by atoms with Gasteiger partial charge in [0.2, 0.25) is 5.89 Å². The van der Waals surface area contributed by atoms with Crippen molar-refractivity contribution in [3.8, 4) is 73.0 Å². The Labute approximate surface area is 484 Å². The van der Waals surface area contributed by atoms with Crippen molar-refractivity contribution in [1.82, 2.24) is 24.5 Å². The van der Waals surface area contributed by atoms with Crippen LogP contribution in [0.5, 0.6) is 0 Å². The molecule has 0 atom stereocenters. The van der Waals surface area contributed by atoms with Crippen molar-refractivity contribution < 1.29 is 4.42 Å². The zero-order chi connectivity index (χ0) is 56.1. The van der Waals surface area contributed by atoms with Crippen LogP contribution >= 0.6 is 0 Å². The second-order valence-electron chi connectivity index (χ2n) is 21.0. The van der Waals surface area contributed by atoms with Crippen LogP contribution in [0.2, 0.25) is 0 Å². The molecule has 0 fully saturated rings. The largest absolute Gasteiger partial charge is 0.436 e. The molecule has 17 rings (SSSR count). The minimum absolute atomic E-state index is 0.657. The van der Waals surface area contributed by atoms with Gasteiger partial charge in [-0.2, -0.15) is 0 Å².